The van der Waals surface area contributed by atoms with E-state index in [-0.39, 0.29) is 22.8 Å². The fourth-order valence-corrected chi connectivity index (χ4v) is 9.01. The minimum absolute atomic E-state index is 0.0577. The first-order chi connectivity index (χ1) is 19.2. The van der Waals surface area contributed by atoms with Crippen LogP contribution in [0.3, 0.4) is 0 Å². The molecule has 0 amide bonds. The van der Waals surface area contributed by atoms with Gasteiger partial charge in [0.1, 0.15) is 0 Å². The molecule has 216 valence electrons. The Kier molecular flexibility index (Phi) is 7.20. The zero-order chi connectivity index (χ0) is 30.1. The van der Waals surface area contributed by atoms with E-state index in [4.69, 9.17) is 0 Å². The Morgan fingerprint density at radius 2 is 1.61 bits per heavy atom. The van der Waals surface area contributed by atoms with Crippen molar-refractivity contribution in [3.8, 4) is 11.1 Å². The van der Waals surface area contributed by atoms with Gasteiger partial charge in [0, 0.05) is 16.6 Å². The third-order valence-electron chi connectivity index (χ3n) is 11.0. The van der Waals surface area contributed by atoms with E-state index in [9.17, 15) is 14.4 Å². The zero-order valence-corrected chi connectivity index (χ0v) is 26.5. The number of rotatable bonds is 6. The molecule has 3 aliphatic carbocycles. The van der Waals surface area contributed by atoms with E-state index in [1.807, 2.05) is 27.7 Å². The van der Waals surface area contributed by atoms with Crippen LogP contribution in [0.5, 0.6) is 0 Å². The highest BCUT2D eigenvalue weighted by Crippen LogP contribution is 2.66. The summed E-state index contributed by atoms with van der Waals surface area (Å²) in [7, 11) is 0. The van der Waals surface area contributed by atoms with Crippen molar-refractivity contribution in [1.29, 1.82) is 0 Å². The molecule has 2 aromatic rings. The number of carbonyl (C=O) groups is 3. The SMILES string of the molecule is CCCC(C)Cc1ccc(-c2ccc(C)c3c2C[C@]2(C)C[C@]4(C)CC(C)=C(C(C)=O)C(=O)[C@]4(C)C(C)=C2C3=O)cc1. The van der Waals surface area contributed by atoms with Gasteiger partial charge in [-0.15, -0.1) is 0 Å². The molecule has 2 aromatic carbocycles. The van der Waals surface area contributed by atoms with Crippen LogP contribution in [0.15, 0.2) is 58.7 Å². The molecular formula is C38H46O3. The highest BCUT2D eigenvalue weighted by Gasteiger charge is 2.63. The Labute approximate surface area is 246 Å². The van der Waals surface area contributed by atoms with Crippen LogP contribution in [-0.2, 0) is 22.4 Å². The van der Waals surface area contributed by atoms with Crippen molar-refractivity contribution in [2.45, 2.75) is 101 Å². The molecule has 0 heterocycles. The van der Waals surface area contributed by atoms with Crippen LogP contribution in [0.25, 0.3) is 11.1 Å². The fraction of sp³-hybridized carbons (Fsp3) is 0.500. The van der Waals surface area contributed by atoms with Crippen LogP contribution in [0.1, 0.15) is 108 Å². The molecule has 4 atom stereocenters. The van der Waals surface area contributed by atoms with E-state index in [1.54, 1.807) is 0 Å². The number of hydrogen-bond acceptors (Lipinski definition) is 3. The van der Waals surface area contributed by atoms with Crippen molar-refractivity contribution in [1.82, 2.24) is 0 Å². The molecule has 1 unspecified atom stereocenters. The minimum Gasteiger partial charge on any atom is -0.294 e. The Balaban J connectivity index is 1.63. The lowest BCUT2D eigenvalue weighted by Crippen LogP contribution is -2.57. The summed E-state index contributed by atoms with van der Waals surface area (Å²) in [6, 6.07) is 13.2. The van der Waals surface area contributed by atoms with Gasteiger partial charge in [-0.2, -0.15) is 0 Å². The second kappa shape index (κ2) is 10.0. The summed E-state index contributed by atoms with van der Waals surface area (Å²) in [5, 5.41) is 0. The molecule has 0 aromatic heterocycles. The maximum absolute atomic E-state index is 14.6. The summed E-state index contributed by atoms with van der Waals surface area (Å²) in [4.78, 5) is 41.2. The second-order valence-electron chi connectivity index (χ2n) is 14.2. The Morgan fingerprint density at radius 1 is 0.951 bits per heavy atom. The summed E-state index contributed by atoms with van der Waals surface area (Å²) in [5.41, 5.74) is 7.76. The average molecular weight is 551 g/mol. The molecule has 0 aliphatic heterocycles. The lowest BCUT2D eigenvalue weighted by molar-refractivity contribution is -0.134. The predicted molar refractivity (Wildman–Crippen MR) is 167 cm³/mol. The van der Waals surface area contributed by atoms with E-state index < -0.39 is 10.8 Å². The first-order valence-electron chi connectivity index (χ1n) is 15.4. The van der Waals surface area contributed by atoms with Gasteiger partial charge in [0.2, 0.25) is 0 Å². The lowest BCUT2D eigenvalue weighted by atomic mass is 9.42. The van der Waals surface area contributed by atoms with E-state index in [0.717, 1.165) is 63.8 Å². The van der Waals surface area contributed by atoms with Crippen molar-refractivity contribution in [2.24, 2.45) is 22.2 Å². The van der Waals surface area contributed by atoms with Crippen molar-refractivity contribution in [2.75, 3.05) is 0 Å². The Hall–Kier alpha value is -3.07. The van der Waals surface area contributed by atoms with Gasteiger partial charge in [-0.3, -0.25) is 14.4 Å². The second-order valence-corrected chi connectivity index (χ2v) is 14.2. The van der Waals surface area contributed by atoms with E-state index in [2.05, 4.69) is 64.1 Å². The molecule has 5 rings (SSSR count). The molecule has 0 radical (unpaired) electrons. The van der Waals surface area contributed by atoms with Gasteiger partial charge >= 0.3 is 0 Å². The Morgan fingerprint density at radius 3 is 2.22 bits per heavy atom. The summed E-state index contributed by atoms with van der Waals surface area (Å²) in [6.07, 6.45) is 5.69. The summed E-state index contributed by atoms with van der Waals surface area (Å²) >= 11 is 0. The van der Waals surface area contributed by atoms with Crippen molar-refractivity contribution in [3.63, 3.8) is 0 Å². The third-order valence-corrected chi connectivity index (χ3v) is 11.0. The number of allylic oxidation sites excluding steroid dienone is 4. The first kappa shape index (κ1) is 29.4. The van der Waals surface area contributed by atoms with Gasteiger partial charge in [0.05, 0.1) is 11.0 Å². The molecule has 0 saturated heterocycles. The number of ketones is 3. The number of aryl methyl sites for hydroxylation is 1. The third kappa shape index (κ3) is 4.34. The van der Waals surface area contributed by atoms with Gasteiger partial charge in [-0.05, 0) is 99.5 Å². The maximum atomic E-state index is 14.6. The number of Topliss-reactive ketones (excluding diaryl/α,β-unsaturated/α-hetero) is 3. The number of hydrogen-bond donors (Lipinski definition) is 0. The Bertz CT molecular complexity index is 1530. The smallest absolute Gasteiger partial charge is 0.190 e. The van der Waals surface area contributed by atoms with E-state index >= 15 is 0 Å². The molecule has 41 heavy (non-hydrogen) atoms. The summed E-state index contributed by atoms with van der Waals surface area (Å²) < 4.78 is 0. The number of fused-ring (bicyclic) bond motifs is 3. The van der Waals surface area contributed by atoms with Crippen LogP contribution in [0.4, 0.5) is 0 Å². The van der Waals surface area contributed by atoms with Gasteiger partial charge in [-0.25, -0.2) is 0 Å². The fourth-order valence-electron chi connectivity index (χ4n) is 9.01. The topological polar surface area (TPSA) is 51.2 Å². The van der Waals surface area contributed by atoms with Crippen LogP contribution >= 0.6 is 0 Å². The number of benzene rings is 2. The van der Waals surface area contributed by atoms with Crippen LogP contribution < -0.4 is 0 Å². The first-order valence-corrected chi connectivity index (χ1v) is 15.4. The molecule has 3 heteroatoms. The number of carbonyl (C=O) groups excluding carboxylic acids is 3. The van der Waals surface area contributed by atoms with Crippen molar-refractivity contribution < 1.29 is 14.4 Å². The van der Waals surface area contributed by atoms with Gasteiger partial charge in [-0.1, -0.05) is 88.1 Å². The molecule has 0 fully saturated rings. The van der Waals surface area contributed by atoms with Crippen LogP contribution in [-0.4, -0.2) is 17.3 Å². The molecule has 0 saturated carbocycles. The van der Waals surface area contributed by atoms with E-state index in [0.29, 0.717) is 17.9 Å². The average Bonchev–Trinajstić information content (AvgIpc) is 2.86. The summed E-state index contributed by atoms with van der Waals surface area (Å²) in [5.74, 6) is 0.440. The molecule has 0 spiro atoms. The highest BCUT2D eigenvalue weighted by atomic mass is 16.2. The molecule has 0 N–H and O–H groups in total. The van der Waals surface area contributed by atoms with Gasteiger partial charge in [0.25, 0.3) is 0 Å². The van der Waals surface area contributed by atoms with Crippen molar-refractivity contribution in [3.05, 3.63) is 80.9 Å². The molecule has 0 bridgehead atoms. The standard InChI is InChI=1S/C38H46O3/c1-10-11-22(2)18-27-13-15-28(16-14-27)29-17-12-23(3)32-30(29)20-36(7)21-37(8)19-24(4)31(26(6)39)35(41)38(37,9)25(5)33(36)34(32)40/h12-17,22H,10-11,18-21H2,1-9H3/t22?,36-,37+,38+/m1/s1. The maximum Gasteiger partial charge on any atom is 0.190 e. The van der Waals surface area contributed by atoms with E-state index in [1.165, 1.54) is 25.3 Å². The quantitative estimate of drug-likeness (QED) is 0.337. The largest absolute Gasteiger partial charge is 0.294 e. The molecule has 3 aliphatic rings. The zero-order valence-electron chi connectivity index (χ0n) is 26.5. The van der Waals surface area contributed by atoms with Crippen molar-refractivity contribution >= 4 is 17.3 Å². The lowest BCUT2D eigenvalue weighted by Gasteiger charge is -2.59. The molecule has 3 nitrogen and oxygen atoms in total. The molecular weight excluding hydrogens is 504 g/mol. The minimum atomic E-state index is -0.883. The van der Waals surface area contributed by atoms with Crippen LogP contribution in [0.2, 0.25) is 0 Å². The normalized spacial score (nSPS) is 28.3. The van der Waals surface area contributed by atoms with Crippen LogP contribution in [0, 0.1) is 29.1 Å². The van der Waals surface area contributed by atoms with Gasteiger partial charge in [0.15, 0.2) is 17.3 Å². The predicted octanol–water partition coefficient (Wildman–Crippen LogP) is 9.00. The summed E-state index contributed by atoms with van der Waals surface area (Å²) in [6.45, 7) is 18.4. The van der Waals surface area contributed by atoms with Gasteiger partial charge < -0.3 is 0 Å². The monoisotopic (exact) mass is 550 g/mol. The highest BCUT2D eigenvalue weighted by molar-refractivity contribution is 6.24.